The van der Waals surface area contributed by atoms with E-state index < -0.39 is 5.41 Å². The Balaban J connectivity index is 3.69. The highest BCUT2D eigenvalue weighted by molar-refractivity contribution is 5.84. The average molecular weight is 240 g/mol. The van der Waals surface area contributed by atoms with Crippen LogP contribution in [-0.2, 0) is 9.53 Å². The molecule has 1 N–H and O–H groups in total. The van der Waals surface area contributed by atoms with Crippen LogP contribution in [-0.4, -0.2) is 25.2 Å². The molecule has 4 heteroatoms. The summed E-state index contributed by atoms with van der Waals surface area (Å²) < 4.78 is 5.39. The van der Waals surface area contributed by atoms with E-state index >= 15 is 0 Å². The lowest BCUT2D eigenvalue weighted by atomic mass is 9.88. The maximum atomic E-state index is 11.7. The number of carbonyl (C=O) groups excluding carboxylic acids is 1. The van der Waals surface area contributed by atoms with Gasteiger partial charge in [0, 0.05) is 13.2 Å². The number of amides is 1. The number of nitriles is 1. The minimum atomic E-state index is -0.894. The molecule has 0 rings (SSSR count). The van der Waals surface area contributed by atoms with Gasteiger partial charge in [-0.25, -0.2) is 0 Å². The molecule has 0 aliphatic rings. The molecule has 4 nitrogen and oxygen atoms in total. The van der Waals surface area contributed by atoms with E-state index in [0.717, 1.165) is 19.4 Å². The summed E-state index contributed by atoms with van der Waals surface area (Å²) in [7, 11) is 0. The summed E-state index contributed by atoms with van der Waals surface area (Å²) in [5, 5.41) is 11.7. The highest BCUT2D eigenvalue weighted by atomic mass is 16.5. The third-order valence-corrected chi connectivity index (χ3v) is 2.76. The highest BCUT2D eigenvalue weighted by Gasteiger charge is 2.30. The van der Waals surface area contributed by atoms with Crippen LogP contribution in [0.4, 0.5) is 0 Å². The zero-order valence-corrected chi connectivity index (χ0v) is 11.4. The van der Waals surface area contributed by atoms with Crippen LogP contribution in [0.2, 0.25) is 0 Å². The Morgan fingerprint density at radius 2 is 2.12 bits per heavy atom. The second kappa shape index (κ2) is 8.08. The van der Waals surface area contributed by atoms with Gasteiger partial charge in [0.1, 0.15) is 5.41 Å². The van der Waals surface area contributed by atoms with Gasteiger partial charge >= 0.3 is 0 Å². The first-order valence-electron chi connectivity index (χ1n) is 6.27. The minimum Gasteiger partial charge on any atom is -0.379 e. The van der Waals surface area contributed by atoms with Gasteiger partial charge in [0.05, 0.1) is 12.2 Å². The SMILES string of the molecule is CCC(C)(C#N)C(=O)NCCCCOC(C)C. The Hall–Kier alpha value is -1.08. The Labute approximate surface area is 104 Å². The second-order valence-electron chi connectivity index (χ2n) is 4.68. The molecule has 0 radical (unpaired) electrons. The van der Waals surface area contributed by atoms with Crippen molar-refractivity contribution in [3.8, 4) is 6.07 Å². The molecular weight excluding hydrogens is 216 g/mol. The van der Waals surface area contributed by atoms with Crippen LogP contribution in [0.1, 0.15) is 47.0 Å². The summed E-state index contributed by atoms with van der Waals surface area (Å²) in [4.78, 5) is 11.7. The van der Waals surface area contributed by atoms with Gasteiger partial charge in [0.25, 0.3) is 0 Å². The molecule has 1 atom stereocenters. The maximum Gasteiger partial charge on any atom is 0.240 e. The minimum absolute atomic E-state index is 0.174. The standard InChI is InChI=1S/C13H24N2O2/c1-5-13(4,10-14)12(16)15-8-6-7-9-17-11(2)3/h11H,5-9H2,1-4H3,(H,15,16). The Morgan fingerprint density at radius 3 is 2.59 bits per heavy atom. The molecule has 0 saturated carbocycles. The van der Waals surface area contributed by atoms with Crippen LogP contribution in [0.15, 0.2) is 0 Å². The van der Waals surface area contributed by atoms with E-state index in [1.54, 1.807) is 6.92 Å². The summed E-state index contributed by atoms with van der Waals surface area (Å²) in [6.45, 7) is 8.85. The summed E-state index contributed by atoms with van der Waals surface area (Å²) in [5.41, 5.74) is -0.894. The molecule has 17 heavy (non-hydrogen) atoms. The fourth-order valence-corrected chi connectivity index (χ4v) is 1.23. The number of nitrogens with one attached hydrogen (secondary N) is 1. The van der Waals surface area contributed by atoms with Crippen molar-refractivity contribution in [2.75, 3.05) is 13.2 Å². The van der Waals surface area contributed by atoms with Gasteiger partial charge in [-0.3, -0.25) is 4.79 Å². The number of nitrogens with zero attached hydrogens (tertiary/aromatic N) is 1. The molecule has 0 saturated heterocycles. The molecule has 0 spiro atoms. The monoisotopic (exact) mass is 240 g/mol. The Bertz CT molecular complexity index is 271. The Morgan fingerprint density at radius 1 is 1.47 bits per heavy atom. The number of carbonyl (C=O) groups is 1. The number of hydrogen-bond acceptors (Lipinski definition) is 3. The van der Waals surface area contributed by atoms with Gasteiger partial charge < -0.3 is 10.1 Å². The van der Waals surface area contributed by atoms with Gasteiger partial charge in [-0.05, 0) is 40.0 Å². The van der Waals surface area contributed by atoms with E-state index in [9.17, 15) is 4.79 Å². The molecule has 0 aliphatic heterocycles. The lowest BCUT2D eigenvalue weighted by molar-refractivity contribution is -0.127. The van der Waals surface area contributed by atoms with Crippen molar-refractivity contribution in [2.45, 2.75) is 53.1 Å². The summed E-state index contributed by atoms with van der Waals surface area (Å²) in [5.74, 6) is -0.174. The van der Waals surface area contributed by atoms with E-state index in [-0.39, 0.29) is 12.0 Å². The zero-order valence-electron chi connectivity index (χ0n) is 11.4. The summed E-state index contributed by atoms with van der Waals surface area (Å²) in [6.07, 6.45) is 2.59. The zero-order chi connectivity index (χ0) is 13.3. The summed E-state index contributed by atoms with van der Waals surface area (Å²) in [6, 6.07) is 2.06. The molecule has 98 valence electrons. The van der Waals surface area contributed by atoms with Gasteiger partial charge in [-0.1, -0.05) is 6.92 Å². The highest BCUT2D eigenvalue weighted by Crippen LogP contribution is 2.19. The fourth-order valence-electron chi connectivity index (χ4n) is 1.23. The smallest absolute Gasteiger partial charge is 0.240 e. The first-order chi connectivity index (χ1) is 7.96. The third-order valence-electron chi connectivity index (χ3n) is 2.76. The van der Waals surface area contributed by atoms with Crippen molar-refractivity contribution in [1.29, 1.82) is 5.26 Å². The third kappa shape index (κ3) is 6.28. The van der Waals surface area contributed by atoms with Crippen LogP contribution < -0.4 is 5.32 Å². The van der Waals surface area contributed by atoms with Crippen molar-refractivity contribution in [3.05, 3.63) is 0 Å². The van der Waals surface area contributed by atoms with Crippen molar-refractivity contribution in [1.82, 2.24) is 5.32 Å². The first-order valence-corrected chi connectivity index (χ1v) is 6.27. The molecule has 0 aromatic heterocycles. The maximum absolute atomic E-state index is 11.7. The molecule has 1 unspecified atom stereocenters. The van der Waals surface area contributed by atoms with E-state index in [0.29, 0.717) is 13.0 Å². The lowest BCUT2D eigenvalue weighted by Gasteiger charge is -2.18. The van der Waals surface area contributed by atoms with E-state index in [4.69, 9.17) is 10.00 Å². The van der Waals surface area contributed by atoms with Crippen molar-refractivity contribution in [2.24, 2.45) is 5.41 Å². The van der Waals surface area contributed by atoms with Crippen LogP contribution in [0.25, 0.3) is 0 Å². The Kier molecular flexibility index (Phi) is 7.56. The van der Waals surface area contributed by atoms with Crippen molar-refractivity contribution >= 4 is 5.91 Å². The van der Waals surface area contributed by atoms with Crippen LogP contribution >= 0.6 is 0 Å². The predicted octanol–water partition coefficient (Wildman–Crippen LogP) is 2.25. The molecule has 0 aromatic carbocycles. The number of rotatable bonds is 8. The fraction of sp³-hybridized carbons (Fsp3) is 0.846. The largest absolute Gasteiger partial charge is 0.379 e. The van der Waals surface area contributed by atoms with E-state index in [2.05, 4.69) is 11.4 Å². The normalized spacial score (nSPS) is 14.1. The first kappa shape index (κ1) is 15.9. The van der Waals surface area contributed by atoms with Crippen LogP contribution in [0.3, 0.4) is 0 Å². The van der Waals surface area contributed by atoms with Gasteiger partial charge in [0.15, 0.2) is 0 Å². The quantitative estimate of drug-likeness (QED) is 0.662. The van der Waals surface area contributed by atoms with Gasteiger partial charge in [-0.2, -0.15) is 5.26 Å². The number of hydrogen-bond donors (Lipinski definition) is 1. The molecule has 0 aromatic rings. The predicted molar refractivity (Wildman–Crippen MR) is 67.3 cm³/mol. The molecule has 0 fully saturated rings. The number of unbranched alkanes of at least 4 members (excludes halogenated alkanes) is 1. The molecule has 0 aliphatic carbocycles. The topological polar surface area (TPSA) is 62.1 Å². The second-order valence-corrected chi connectivity index (χ2v) is 4.68. The number of ether oxygens (including phenoxy) is 1. The average Bonchev–Trinajstić information content (AvgIpc) is 2.31. The van der Waals surface area contributed by atoms with Crippen LogP contribution in [0.5, 0.6) is 0 Å². The summed E-state index contributed by atoms with van der Waals surface area (Å²) >= 11 is 0. The molecule has 0 heterocycles. The van der Waals surface area contributed by atoms with Crippen molar-refractivity contribution < 1.29 is 9.53 Å². The van der Waals surface area contributed by atoms with E-state index in [1.165, 1.54) is 0 Å². The lowest BCUT2D eigenvalue weighted by Crippen LogP contribution is -2.38. The van der Waals surface area contributed by atoms with Gasteiger partial charge in [-0.15, -0.1) is 0 Å². The van der Waals surface area contributed by atoms with Crippen molar-refractivity contribution in [3.63, 3.8) is 0 Å². The van der Waals surface area contributed by atoms with Crippen LogP contribution in [0, 0.1) is 16.7 Å². The molecule has 0 bridgehead atoms. The molecule has 1 amide bonds. The van der Waals surface area contributed by atoms with Gasteiger partial charge in [0.2, 0.25) is 5.91 Å². The molecular formula is C13H24N2O2. The van der Waals surface area contributed by atoms with E-state index in [1.807, 2.05) is 20.8 Å².